The molecule has 0 radical (unpaired) electrons. The van der Waals surface area contributed by atoms with E-state index in [-0.39, 0.29) is 31.0 Å². The zero-order valence-electron chi connectivity index (χ0n) is 9.16. The predicted molar refractivity (Wildman–Crippen MR) is 56.4 cm³/mol. The number of nitrogens with zero attached hydrogens (tertiary/aromatic N) is 1. The van der Waals surface area contributed by atoms with Crippen LogP contribution in [-0.4, -0.2) is 34.3 Å². The lowest BCUT2D eigenvalue weighted by molar-refractivity contribution is -0.141. The zero-order valence-corrected chi connectivity index (χ0v) is 9.16. The summed E-state index contributed by atoms with van der Waals surface area (Å²) in [6.07, 6.45) is -4.36. The number of hydrogen-bond donors (Lipinski definition) is 3. The molecule has 18 heavy (non-hydrogen) atoms. The standard InChI is InChI=1S/C10H11F3N2O3/c11-10(12,13)7-3-2-6(9(17)18)8(15-7)14-4-1-5-16/h2-3,16H,1,4-5H2,(H,14,15)(H,17,18). The van der Waals surface area contributed by atoms with Gasteiger partial charge in [0.05, 0.1) is 0 Å². The lowest BCUT2D eigenvalue weighted by Gasteiger charge is -2.11. The van der Waals surface area contributed by atoms with Crippen LogP contribution in [0.3, 0.4) is 0 Å². The lowest BCUT2D eigenvalue weighted by Crippen LogP contribution is -2.15. The lowest BCUT2D eigenvalue weighted by atomic mass is 10.2. The quantitative estimate of drug-likeness (QED) is 0.703. The van der Waals surface area contributed by atoms with Gasteiger partial charge in [-0.3, -0.25) is 0 Å². The molecule has 0 atom stereocenters. The van der Waals surface area contributed by atoms with Crippen LogP contribution in [0.5, 0.6) is 0 Å². The minimum Gasteiger partial charge on any atom is -0.478 e. The van der Waals surface area contributed by atoms with E-state index in [0.717, 1.165) is 6.07 Å². The number of aliphatic hydroxyl groups excluding tert-OH is 1. The van der Waals surface area contributed by atoms with Crippen LogP contribution in [0.4, 0.5) is 19.0 Å². The Morgan fingerprint density at radius 2 is 2.06 bits per heavy atom. The largest absolute Gasteiger partial charge is 0.478 e. The number of aromatic nitrogens is 1. The zero-order chi connectivity index (χ0) is 13.8. The fraction of sp³-hybridized carbons (Fsp3) is 0.400. The first-order valence-electron chi connectivity index (χ1n) is 5.02. The van der Waals surface area contributed by atoms with Gasteiger partial charge in [-0.25, -0.2) is 9.78 Å². The number of carboxylic acids is 1. The van der Waals surface area contributed by atoms with Gasteiger partial charge in [0, 0.05) is 13.2 Å². The molecule has 0 aliphatic carbocycles. The van der Waals surface area contributed by atoms with Crippen molar-refractivity contribution in [2.75, 3.05) is 18.5 Å². The van der Waals surface area contributed by atoms with E-state index >= 15 is 0 Å². The van der Waals surface area contributed by atoms with E-state index in [1.54, 1.807) is 0 Å². The molecule has 0 bridgehead atoms. The topological polar surface area (TPSA) is 82.5 Å². The van der Waals surface area contributed by atoms with Gasteiger partial charge in [-0.05, 0) is 18.6 Å². The second-order valence-corrected chi connectivity index (χ2v) is 3.40. The molecule has 0 aromatic carbocycles. The van der Waals surface area contributed by atoms with Crippen molar-refractivity contribution in [3.05, 3.63) is 23.4 Å². The maximum Gasteiger partial charge on any atom is 0.433 e. The van der Waals surface area contributed by atoms with Crippen molar-refractivity contribution >= 4 is 11.8 Å². The Morgan fingerprint density at radius 1 is 1.39 bits per heavy atom. The number of carbonyl (C=O) groups is 1. The number of nitrogens with one attached hydrogen (secondary N) is 1. The minimum absolute atomic E-state index is 0.130. The third-order valence-corrected chi connectivity index (χ3v) is 2.04. The van der Waals surface area contributed by atoms with Crippen LogP contribution in [0.2, 0.25) is 0 Å². The molecular weight excluding hydrogens is 253 g/mol. The first-order chi connectivity index (χ1) is 8.36. The van der Waals surface area contributed by atoms with E-state index in [1.807, 2.05) is 0 Å². The smallest absolute Gasteiger partial charge is 0.433 e. The Morgan fingerprint density at radius 3 is 2.56 bits per heavy atom. The maximum absolute atomic E-state index is 12.4. The highest BCUT2D eigenvalue weighted by Gasteiger charge is 2.33. The van der Waals surface area contributed by atoms with Crippen LogP contribution in [0.25, 0.3) is 0 Å². The molecule has 0 amide bonds. The number of rotatable bonds is 5. The van der Waals surface area contributed by atoms with Gasteiger partial charge in [0.25, 0.3) is 0 Å². The van der Waals surface area contributed by atoms with Gasteiger partial charge >= 0.3 is 12.1 Å². The summed E-state index contributed by atoms with van der Waals surface area (Å²) in [6, 6.07) is 1.46. The molecule has 1 aromatic heterocycles. The van der Waals surface area contributed by atoms with Crippen molar-refractivity contribution in [1.29, 1.82) is 0 Å². The summed E-state index contributed by atoms with van der Waals surface area (Å²) in [5.74, 6) is -1.73. The van der Waals surface area contributed by atoms with Crippen LogP contribution in [0.1, 0.15) is 22.5 Å². The molecule has 5 nitrogen and oxygen atoms in total. The SMILES string of the molecule is O=C(O)c1ccc(C(F)(F)F)nc1NCCCO. The van der Waals surface area contributed by atoms with Gasteiger partial charge < -0.3 is 15.5 Å². The Labute approximate surface area is 100 Å². The molecule has 0 unspecified atom stereocenters. The van der Waals surface area contributed by atoms with Crippen molar-refractivity contribution in [3.8, 4) is 0 Å². The monoisotopic (exact) mass is 264 g/mol. The molecule has 0 fully saturated rings. The Kier molecular flexibility index (Phi) is 4.49. The molecule has 0 saturated heterocycles. The normalized spacial score (nSPS) is 11.3. The summed E-state index contributed by atoms with van der Waals surface area (Å²) < 4.78 is 37.2. The molecule has 0 aliphatic rings. The molecule has 8 heteroatoms. The molecular formula is C10H11F3N2O3. The molecule has 0 aliphatic heterocycles. The molecule has 100 valence electrons. The highest BCUT2D eigenvalue weighted by atomic mass is 19.4. The van der Waals surface area contributed by atoms with Crippen LogP contribution in [-0.2, 0) is 6.18 Å². The van der Waals surface area contributed by atoms with Gasteiger partial charge in [-0.2, -0.15) is 13.2 Å². The van der Waals surface area contributed by atoms with Crippen molar-refractivity contribution < 1.29 is 28.2 Å². The Hall–Kier alpha value is -1.83. The Bertz CT molecular complexity index is 435. The number of aromatic carboxylic acids is 1. The Balaban J connectivity index is 3.04. The summed E-state index contributed by atoms with van der Waals surface area (Å²) >= 11 is 0. The fourth-order valence-electron chi connectivity index (χ4n) is 1.21. The van der Waals surface area contributed by atoms with Crippen molar-refractivity contribution in [2.45, 2.75) is 12.6 Å². The van der Waals surface area contributed by atoms with Crippen molar-refractivity contribution in [3.63, 3.8) is 0 Å². The van der Waals surface area contributed by atoms with Gasteiger partial charge in [0.2, 0.25) is 0 Å². The van der Waals surface area contributed by atoms with Gasteiger partial charge in [0.15, 0.2) is 0 Å². The highest BCUT2D eigenvalue weighted by Crippen LogP contribution is 2.29. The summed E-state index contributed by atoms with van der Waals surface area (Å²) in [4.78, 5) is 14.0. The summed E-state index contributed by atoms with van der Waals surface area (Å²) in [5.41, 5.74) is -1.51. The van der Waals surface area contributed by atoms with Gasteiger partial charge in [-0.1, -0.05) is 0 Å². The van der Waals surface area contributed by atoms with Crippen LogP contribution < -0.4 is 5.32 Å². The number of pyridine rings is 1. The first-order valence-corrected chi connectivity index (χ1v) is 5.02. The summed E-state index contributed by atoms with van der Waals surface area (Å²) in [5, 5.41) is 19.8. The van der Waals surface area contributed by atoms with Gasteiger partial charge in [0.1, 0.15) is 17.1 Å². The van der Waals surface area contributed by atoms with E-state index in [4.69, 9.17) is 10.2 Å². The average Bonchev–Trinajstić information content (AvgIpc) is 2.27. The maximum atomic E-state index is 12.4. The van der Waals surface area contributed by atoms with E-state index in [9.17, 15) is 18.0 Å². The van der Waals surface area contributed by atoms with E-state index < -0.39 is 17.8 Å². The minimum atomic E-state index is -4.63. The number of anilines is 1. The van der Waals surface area contributed by atoms with Crippen molar-refractivity contribution in [1.82, 2.24) is 4.98 Å². The van der Waals surface area contributed by atoms with Crippen LogP contribution in [0, 0.1) is 0 Å². The molecule has 1 rings (SSSR count). The first kappa shape index (κ1) is 14.2. The van der Waals surface area contributed by atoms with Crippen molar-refractivity contribution in [2.24, 2.45) is 0 Å². The van der Waals surface area contributed by atoms with E-state index in [2.05, 4.69) is 10.3 Å². The predicted octanol–water partition coefficient (Wildman–Crippen LogP) is 1.59. The summed E-state index contributed by atoms with van der Waals surface area (Å²) in [6.45, 7) is -0.0283. The molecule has 0 spiro atoms. The third-order valence-electron chi connectivity index (χ3n) is 2.04. The van der Waals surface area contributed by atoms with Crippen LogP contribution in [0.15, 0.2) is 12.1 Å². The van der Waals surface area contributed by atoms with E-state index in [0.29, 0.717) is 6.07 Å². The van der Waals surface area contributed by atoms with Crippen LogP contribution >= 0.6 is 0 Å². The molecule has 1 heterocycles. The highest BCUT2D eigenvalue weighted by molar-refractivity contribution is 5.93. The number of hydrogen-bond acceptors (Lipinski definition) is 4. The number of alkyl halides is 3. The van der Waals surface area contributed by atoms with E-state index in [1.165, 1.54) is 0 Å². The average molecular weight is 264 g/mol. The molecule has 0 saturated carbocycles. The number of halogens is 3. The summed E-state index contributed by atoms with van der Waals surface area (Å²) in [7, 11) is 0. The second-order valence-electron chi connectivity index (χ2n) is 3.40. The second kappa shape index (κ2) is 5.67. The molecule has 1 aromatic rings. The third kappa shape index (κ3) is 3.59. The van der Waals surface area contributed by atoms with Gasteiger partial charge in [-0.15, -0.1) is 0 Å². The fourth-order valence-corrected chi connectivity index (χ4v) is 1.21. The number of aliphatic hydroxyl groups is 1. The number of carboxylic acid groups (broad SMARTS) is 1. The molecule has 3 N–H and O–H groups in total.